The normalized spacial score (nSPS) is 18.1. The van der Waals surface area contributed by atoms with E-state index in [1.54, 1.807) is 4.90 Å². The molecular weight excluding hydrogens is 288 g/mol. The predicted octanol–water partition coefficient (Wildman–Crippen LogP) is 0.727. The fourth-order valence-electron chi connectivity index (χ4n) is 2.52. The zero-order valence-corrected chi connectivity index (χ0v) is 13.4. The van der Waals surface area contributed by atoms with Gasteiger partial charge in [-0.3, -0.25) is 9.59 Å². The minimum atomic E-state index is -1.07. The Labute approximate surface area is 131 Å². The van der Waals surface area contributed by atoms with Crippen molar-refractivity contribution in [2.24, 2.45) is 0 Å². The molecule has 0 aromatic heterocycles. The molecular formula is C15H26N2O5. The Kier molecular flexibility index (Phi) is 7.87. The van der Waals surface area contributed by atoms with Crippen molar-refractivity contribution in [3.8, 4) is 0 Å². The van der Waals surface area contributed by atoms with Crippen LogP contribution >= 0.6 is 0 Å². The molecule has 1 unspecified atom stereocenters. The van der Waals surface area contributed by atoms with E-state index in [-0.39, 0.29) is 37.8 Å². The van der Waals surface area contributed by atoms with Crippen LogP contribution < -0.4 is 0 Å². The maximum atomic E-state index is 12.2. The van der Waals surface area contributed by atoms with Gasteiger partial charge in [0.2, 0.25) is 11.8 Å². The van der Waals surface area contributed by atoms with Gasteiger partial charge >= 0.3 is 5.97 Å². The molecule has 1 heterocycles. The average molecular weight is 314 g/mol. The molecule has 0 aromatic rings. The first kappa shape index (κ1) is 18.4. The molecule has 7 heteroatoms. The number of hydrogen-bond donors (Lipinski definition) is 1. The lowest BCUT2D eigenvalue weighted by atomic mass is 10.1. The van der Waals surface area contributed by atoms with Crippen LogP contribution in [0.2, 0.25) is 0 Å². The molecule has 0 radical (unpaired) electrons. The molecule has 1 N–H and O–H groups in total. The fourth-order valence-corrected chi connectivity index (χ4v) is 2.52. The van der Waals surface area contributed by atoms with Gasteiger partial charge in [-0.25, -0.2) is 4.79 Å². The molecule has 22 heavy (non-hydrogen) atoms. The number of hydrogen-bond acceptors (Lipinski definition) is 4. The highest BCUT2D eigenvalue weighted by molar-refractivity contribution is 5.87. The van der Waals surface area contributed by atoms with Crippen molar-refractivity contribution in [2.45, 2.75) is 45.6 Å². The number of aliphatic carboxylic acids is 1. The van der Waals surface area contributed by atoms with E-state index in [4.69, 9.17) is 9.84 Å². The quantitative estimate of drug-likeness (QED) is 0.713. The lowest BCUT2D eigenvalue weighted by Crippen LogP contribution is -2.52. The molecule has 2 amide bonds. The van der Waals surface area contributed by atoms with Gasteiger partial charge in [0.05, 0.1) is 13.2 Å². The van der Waals surface area contributed by atoms with Gasteiger partial charge in [0, 0.05) is 32.5 Å². The van der Waals surface area contributed by atoms with Crippen LogP contribution in [0, 0.1) is 0 Å². The average Bonchev–Trinajstić information content (AvgIpc) is 2.52. The summed E-state index contributed by atoms with van der Waals surface area (Å²) in [6.07, 6.45) is 1.93. The lowest BCUT2D eigenvalue weighted by molar-refractivity contribution is -0.158. The number of carboxylic acid groups (broad SMARTS) is 1. The van der Waals surface area contributed by atoms with Gasteiger partial charge in [0.1, 0.15) is 0 Å². The van der Waals surface area contributed by atoms with Crippen molar-refractivity contribution < 1.29 is 24.2 Å². The monoisotopic (exact) mass is 314 g/mol. The van der Waals surface area contributed by atoms with Crippen molar-refractivity contribution in [3.05, 3.63) is 0 Å². The number of carbonyl (C=O) groups excluding carboxylic acids is 2. The standard InChI is InChI=1S/C15H26N2O5/c1-3-7-16(8-4-2)13(18)5-6-14(19)17-9-10-22-11-12(17)15(20)21/h12H,3-11H2,1-2H3,(H,20,21). The van der Waals surface area contributed by atoms with Crippen molar-refractivity contribution in [3.63, 3.8) is 0 Å². The summed E-state index contributed by atoms with van der Waals surface area (Å²) >= 11 is 0. The molecule has 1 rings (SSSR count). The first-order valence-electron chi connectivity index (χ1n) is 7.89. The van der Waals surface area contributed by atoms with Crippen molar-refractivity contribution >= 4 is 17.8 Å². The second kappa shape index (κ2) is 9.40. The van der Waals surface area contributed by atoms with E-state index in [1.807, 2.05) is 13.8 Å². The Hall–Kier alpha value is -1.63. The van der Waals surface area contributed by atoms with Gasteiger partial charge in [0.25, 0.3) is 0 Å². The number of rotatable bonds is 8. The third-order valence-corrected chi connectivity index (χ3v) is 3.63. The van der Waals surface area contributed by atoms with Gasteiger partial charge in [-0.2, -0.15) is 0 Å². The van der Waals surface area contributed by atoms with Gasteiger partial charge in [-0.15, -0.1) is 0 Å². The van der Waals surface area contributed by atoms with Crippen LogP contribution in [0.4, 0.5) is 0 Å². The van der Waals surface area contributed by atoms with Crippen LogP contribution in [-0.4, -0.2) is 71.6 Å². The van der Waals surface area contributed by atoms with Crippen LogP contribution in [-0.2, 0) is 19.1 Å². The molecule has 0 aliphatic carbocycles. The zero-order valence-electron chi connectivity index (χ0n) is 13.4. The fraction of sp³-hybridized carbons (Fsp3) is 0.800. The first-order chi connectivity index (χ1) is 10.5. The number of amides is 2. The van der Waals surface area contributed by atoms with E-state index in [2.05, 4.69) is 0 Å². The minimum absolute atomic E-state index is 0.00676. The molecule has 0 aromatic carbocycles. The van der Waals surface area contributed by atoms with E-state index in [9.17, 15) is 14.4 Å². The molecule has 1 aliphatic rings. The second-order valence-electron chi connectivity index (χ2n) is 5.40. The van der Waals surface area contributed by atoms with Gasteiger partial charge in [-0.05, 0) is 12.8 Å². The number of morpholine rings is 1. The Morgan fingerprint density at radius 1 is 1.18 bits per heavy atom. The van der Waals surface area contributed by atoms with Crippen molar-refractivity contribution in [1.82, 2.24) is 9.80 Å². The molecule has 126 valence electrons. The van der Waals surface area contributed by atoms with Crippen LogP contribution in [0.25, 0.3) is 0 Å². The van der Waals surface area contributed by atoms with Crippen molar-refractivity contribution in [2.75, 3.05) is 32.8 Å². The Morgan fingerprint density at radius 2 is 1.82 bits per heavy atom. The maximum Gasteiger partial charge on any atom is 0.328 e. The highest BCUT2D eigenvalue weighted by Crippen LogP contribution is 2.11. The Balaban J connectivity index is 2.52. The third-order valence-electron chi connectivity index (χ3n) is 3.63. The van der Waals surface area contributed by atoms with Crippen LogP contribution in [0.3, 0.4) is 0 Å². The predicted molar refractivity (Wildman–Crippen MR) is 80.4 cm³/mol. The Morgan fingerprint density at radius 3 is 2.36 bits per heavy atom. The minimum Gasteiger partial charge on any atom is -0.480 e. The van der Waals surface area contributed by atoms with Gasteiger partial charge in [0.15, 0.2) is 6.04 Å². The summed E-state index contributed by atoms with van der Waals surface area (Å²) in [5.74, 6) is -1.41. The zero-order chi connectivity index (χ0) is 16.5. The van der Waals surface area contributed by atoms with Crippen LogP contribution in [0.15, 0.2) is 0 Å². The molecule has 1 fully saturated rings. The largest absolute Gasteiger partial charge is 0.480 e. The smallest absolute Gasteiger partial charge is 0.328 e. The van der Waals surface area contributed by atoms with Gasteiger partial charge < -0.3 is 19.6 Å². The van der Waals surface area contributed by atoms with E-state index in [0.29, 0.717) is 19.7 Å². The van der Waals surface area contributed by atoms with E-state index < -0.39 is 12.0 Å². The number of nitrogens with zero attached hydrogens (tertiary/aromatic N) is 2. The highest BCUT2D eigenvalue weighted by atomic mass is 16.5. The summed E-state index contributed by atoms with van der Waals surface area (Å²) < 4.78 is 5.10. The third kappa shape index (κ3) is 5.29. The second-order valence-corrected chi connectivity index (χ2v) is 5.40. The number of carbonyl (C=O) groups is 3. The van der Waals surface area contributed by atoms with Crippen molar-refractivity contribution in [1.29, 1.82) is 0 Å². The summed E-state index contributed by atoms with van der Waals surface area (Å²) in [4.78, 5) is 38.5. The molecule has 1 saturated heterocycles. The van der Waals surface area contributed by atoms with E-state index in [1.165, 1.54) is 4.90 Å². The molecule has 0 saturated carbocycles. The summed E-state index contributed by atoms with van der Waals surface area (Å²) in [5.41, 5.74) is 0. The molecule has 1 aliphatic heterocycles. The maximum absolute atomic E-state index is 12.2. The SMILES string of the molecule is CCCN(CCC)C(=O)CCC(=O)N1CCOCC1C(=O)O. The molecule has 0 spiro atoms. The topological polar surface area (TPSA) is 87.2 Å². The van der Waals surface area contributed by atoms with Gasteiger partial charge in [-0.1, -0.05) is 13.8 Å². The summed E-state index contributed by atoms with van der Waals surface area (Å²) in [6.45, 7) is 6.00. The molecule has 7 nitrogen and oxygen atoms in total. The highest BCUT2D eigenvalue weighted by Gasteiger charge is 2.32. The first-order valence-corrected chi connectivity index (χ1v) is 7.89. The number of ether oxygens (including phenoxy) is 1. The van der Waals surface area contributed by atoms with Crippen LogP contribution in [0.1, 0.15) is 39.5 Å². The lowest BCUT2D eigenvalue weighted by Gasteiger charge is -2.33. The number of carboxylic acids is 1. The van der Waals surface area contributed by atoms with E-state index in [0.717, 1.165) is 12.8 Å². The molecule has 0 bridgehead atoms. The molecule has 1 atom stereocenters. The Bertz CT molecular complexity index is 393. The summed E-state index contributed by atoms with van der Waals surface area (Å²) in [7, 11) is 0. The van der Waals surface area contributed by atoms with Crippen LogP contribution in [0.5, 0.6) is 0 Å². The summed E-state index contributed by atoms with van der Waals surface area (Å²) in [5, 5.41) is 9.11. The van der Waals surface area contributed by atoms with E-state index >= 15 is 0 Å². The summed E-state index contributed by atoms with van der Waals surface area (Å²) in [6, 6.07) is -0.946.